The fourth-order valence-electron chi connectivity index (χ4n) is 7.07. The molecule has 0 saturated heterocycles. The van der Waals surface area contributed by atoms with Crippen molar-refractivity contribution in [1.82, 2.24) is 0 Å². The Labute approximate surface area is 336 Å². The third kappa shape index (κ3) is 40.1. The van der Waals surface area contributed by atoms with E-state index in [2.05, 4.69) is 34.6 Å². The molecular formula is C48H92O6. The molecule has 6 heteroatoms. The van der Waals surface area contributed by atoms with Gasteiger partial charge < -0.3 is 14.2 Å². The fraction of sp³-hybridized carbons (Fsp3) is 0.938. The van der Waals surface area contributed by atoms with Gasteiger partial charge in [-0.25, -0.2) is 0 Å². The molecule has 0 radical (unpaired) electrons. The van der Waals surface area contributed by atoms with Gasteiger partial charge in [-0.2, -0.15) is 0 Å². The van der Waals surface area contributed by atoms with Gasteiger partial charge in [0, 0.05) is 19.3 Å². The third-order valence-electron chi connectivity index (χ3n) is 11.1. The van der Waals surface area contributed by atoms with Crippen molar-refractivity contribution in [3.05, 3.63) is 0 Å². The minimum absolute atomic E-state index is 0.0650. The Kier molecular flexibility index (Phi) is 39.8. The van der Waals surface area contributed by atoms with E-state index in [9.17, 15) is 14.4 Å². The van der Waals surface area contributed by atoms with Crippen LogP contribution >= 0.6 is 0 Å². The van der Waals surface area contributed by atoms with E-state index in [4.69, 9.17) is 14.2 Å². The topological polar surface area (TPSA) is 78.9 Å². The van der Waals surface area contributed by atoms with Crippen molar-refractivity contribution in [3.8, 4) is 0 Å². The molecule has 0 amide bonds. The summed E-state index contributed by atoms with van der Waals surface area (Å²) in [6.07, 6.45) is 39.4. The summed E-state index contributed by atoms with van der Waals surface area (Å²) in [5.41, 5.74) is 0. The first kappa shape index (κ1) is 52.4. The Hall–Kier alpha value is -1.59. The van der Waals surface area contributed by atoms with Crippen LogP contribution in [0.25, 0.3) is 0 Å². The van der Waals surface area contributed by atoms with Crippen LogP contribution in [0.5, 0.6) is 0 Å². The zero-order valence-corrected chi connectivity index (χ0v) is 36.8. The third-order valence-corrected chi connectivity index (χ3v) is 11.1. The Morgan fingerprint density at radius 1 is 0.389 bits per heavy atom. The van der Waals surface area contributed by atoms with Gasteiger partial charge in [-0.3, -0.25) is 14.4 Å². The van der Waals surface area contributed by atoms with E-state index in [1.807, 2.05) is 0 Å². The normalized spacial score (nSPS) is 12.6. The molecule has 0 aliphatic carbocycles. The van der Waals surface area contributed by atoms with Crippen molar-refractivity contribution in [2.24, 2.45) is 11.8 Å². The minimum atomic E-state index is -0.761. The lowest BCUT2D eigenvalue weighted by Crippen LogP contribution is -2.30. The minimum Gasteiger partial charge on any atom is -0.462 e. The second-order valence-electron chi connectivity index (χ2n) is 17.1. The molecule has 0 N–H and O–H groups in total. The van der Waals surface area contributed by atoms with Gasteiger partial charge in [-0.1, -0.05) is 221 Å². The van der Waals surface area contributed by atoms with E-state index >= 15 is 0 Å². The van der Waals surface area contributed by atoms with Crippen LogP contribution in [0.2, 0.25) is 0 Å². The van der Waals surface area contributed by atoms with Crippen molar-refractivity contribution in [2.75, 3.05) is 13.2 Å². The van der Waals surface area contributed by atoms with Crippen LogP contribution in [0.15, 0.2) is 0 Å². The van der Waals surface area contributed by atoms with Gasteiger partial charge in [0.05, 0.1) is 0 Å². The van der Waals surface area contributed by atoms with E-state index in [1.54, 1.807) is 0 Å². The Morgan fingerprint density at radius 3 is 1.06 bits per heavy atom. The van der Waals surface area contributed by atoms with Gasteiger partial charge in [-0.15, -0.1) is 0 Å². The van der Waals surface area contributed by atoms with E-state index in [1.165, 1.54) is 148 Å². The molecule has 6 nitrogen and oxygen atoms in total. The molecule has 320 valence electrons. The summed E-state index contributed by atoms with van der Waals surface area (Å²) in [5, 5.41) is 0. The maximum atomic E-state index is 12.7. The Bertz CT molecular complexity index is 826. The van der Waals surface area contributed by atoms with E-state index < -0.39 is 6.10 Å². The highest BCUT2D eigenvalue weighted by Crippen LogP contribution is 2.17. The summed E-state index contributed by atoms with van der Waals surface area (Å²) in [6.45, 7) is 11.3. The summed E-state index contributed by atoms with van der Waals surface area (Å²) in [7, 11) is 0. The lowest BCUT2D eigenvalue weighted by Gasteiger charge is -2.18. The summed E-state index contributed by atoms with van der Waals surface area (Å²) in [4.78, 5) is 37.8. The summed E-state index contributed by atoms with van der Waals surface area (Å²) >= 11 is 0. The first-order chi connectivity index (χ1) is 26.3. The van der Waals surface area contributed by atoms with Gasteiger partial charge in [0.2, 0.25) is 0 Å². The molecule has 0 saturated carbocycles. The largest absolute Gasteiger partial charge is 0.462 e. The molecule has 0 aliphatic rings. The SMILES string of the molecule is CCCCCCCCCCCCCCCC(=O)OC[C@@H](COC(=O)CCCCCCCCCCC(C)CC)OC(=O)CCCCCCCCCCC(C)C. The molecule has 0 aliphatic heterocycles. The molecule has 54 heavy (non-hydrogen) atoms. The quantitative estimate of drug-likeness (QED) is 0.0350. The average molecular weight is 765 g/mol. The van der Waals surface area contributed by atoms with E-state index in [-0.39, 0.29) is 31.1 Å². The number of unbranched alkanes of at least 4 members (excludes halogenated alkanes) is 26. The highest BCUT2D eigenvalue weighted by Gasteiger charge is 2.19. The van der Waals surface area contributed by atoms with E-state index in [0.29, 0.717) is 19.3 Å². The maximum Gasteiger partial charge on any atom is 0.306 e. The fourth-order valence-corrected chi connectivity index (χ4v) is 7.07. The van der Waals surface area contributed by atoms with Crippen LogP contribution in [0, 0.1) is 11.8 Å². The number of ether oxygens (including phenoxy) is 3. The van der Waals surface area contributed by atoms with Crippen LogP contribution in [0.1, 0.15) is 259 Å². The van der Waals surface area contributed by atoms with Gasteiger partial charge in [-0.05, 0) is 31.1 Å². The van der Waals surface area contributed by atoms with Crippen molar-refractivity contribution < 1.29 is 28.6 Å². The first-order valence-corrected chi connectivity index (χ1v) is 23.8. The second kappa shape index (κ2) is 41.1. The number of carbonyl (C=O) groups excluding carboxylic acids is 3. The molecular weight excluding hydrogens is 673 g/mol. The van der Waals surface area contributed by atoms with Crippen LogP contribution in [0.3, 0.4) is 0 Å². The Morgan fingerprint density at radius 2 is 0.704 bits per heavy atom. The predicted octanol–water partition coefficient (Wildman–Crippen LogP) is 15.0. The molecule has 2 atom stereocenters. The van der Waals surface area contributed by atoms with Gasteiger partial charge in [0.25, 0.3) is 0 Å². The molecule has 0 heterocycles. The lowest BCUT2D eigenvalue weighted by atomic mass is 9.99. The Balaban J connectivity index is 4.34. The number of carbonyl (C=O) groups is 3. The molecule has 0 fully saturated rings. The molecule has 0 rings (SSSR count). The maximum absolute atomic E-state index is 12.7. The zero-order chi connectivity index (χ0) is 39.7. The standard InChI is InChI=1S/C48H92O6/c1-6-8-9-10-11-12-13-14-15-16-23-28-33-38-46(49)52-41-45(54-48(51)40-35-30-25-19-17-21-26-31-36-43(3)4)42-53-47(50)39-34-29-24-20-18-22-27-32-37-44(5)7-2/h43-45H,6-42H2,1-5H3/t44?,45-/m0/s1. The molecule has 0 aromatic heterocycles. The van der Waals surface area contributed by atoms with Crippen LogP contribution < -0.4 is 0 Å². The van der Waals surface area contributed by atoms with Crippen LogP contribution in [-0.2, 0) is 28.6 Å². The highest BCUT2D eigenvalue weighted by molar-refractivity contribution is 5.71. The summed E-state index contributed by atoms with van der Waals surface area (Å²) < 4.78 is 16.7. The van der Waals surface area contributed by atoms with Crippen molar-refractivity contribution in [1.29, 1.82) is 0 Å². The van der Waals surface area contributed by atoms with Gasteiger partial charge in [0.15, 0.2) is 6.10 Å². The molecule has 0 aromatic rings. The van der Waals surface area contributed by atoms with Crippen molar-refractivity contribution in [3.63, 3.8) is 0 Å². The summed E-state index contributed by atoms with van der Waals surface area (Å²) in [5.74, 6) is 0.784. The molecule has 0 bridgehead atoms. The first-order valence-electron chi connectivity index (χ1n) is 23.8. The highest BCUT2D eigenvalue weighted by atomic mass is 16.6. The molecule has 0 spiro atoms. The average Bonchev–Trinajstić information content (AvgIpc) is 3.15. The van der Waals surface area contributed by atoms with Crippen molar-refractivity contribution in [2.45, 2.75) is 265 Å². The van der Waals surface area contributed by atoms with Crippen molar-refractivity contribution >= 4 is 17.9 Å². The number of hydrogen-bond donors (Lipinski definition) is 0. The monoisotopic (exact) mass is 765 g/mol. The van der Waals surface area contributed by atoms with Crippen LogP contribution in [-0.4, -0.2) is 37.2 Å². The molecule has 1 unspecified atom stereocenters. The second-order valence-corrected chi connectivity index (χ2v) is 17.1. The van der Waals surface area contributed by atoms with Gasteiger partial charge in [0.1, 0.15) is 13.2 Å². The number of rotatable bonds is 42. The molecule has 0 aromatic carbocycles. The van der Waals surface area contributed by atoms with Crippen LogP contribution in [0.4, 0.5) is 0 Å². The number of esters is 3. The predicted molar refractivity (Wildman–Crippen MR) is 229 cm³/mol. The summed E-state index contributed by atoms with van der Waals surface area (Å²) in [6, 6.07) is 0. The van der Waals surface area contributed by atoms with Gasteiger partial charge >= 0.3 is 17.9 Å². The number of hydrogen-bond acceptors (Lipinski definition) is 6. The van der Waals surface area contributed by atoms with E-state index in [0.717, 1.165) is 69.6 Å². The zero-order valence-electron chi connectivity index (χ0n) is 36.8. The smallest absolute Gasteiger partial charge is 0.306 e. The lowest BCUT2D eigenvalue weighted by molar-refractivity contribution is -0.167.